The van der Waals surface area contributed by atoms with Gasteiger partial charge in [0, 0.05) is 0 Å². The van der Waals surface area contributed by atoms with Crippen LogP contribution in [0.5, 0.6) is 0 Å². The molecule has 19 heavy (non-hydrogen) atoms. The summed E-state index contributed by atoms with van der Waals surface area (Å²) in [7, 11) is 1.21. The van der Waals surface area contributed by atoms with Crippen LogP contribution in [0.4, 0.5) is 19.6 Å². The summed E-state index contributed by atoms with van der Waals surface area (Å²) in [5.74, 6) is -2.66. The van der Waals surface area contributed by atoms with E-state index in [2.05, 4.69) is 15.0 Å². The molecule has 0 amide bonds. The maximum Gasteiger partial charge on any atom is 0.351 e. The van der Waals surface area contributed by atoms with Crippen molar-refractivity contribution in [3.05, 3.63) is 39.9 Å². The van der Waals surface area contributed by atoms with Crippen LogP contribution < -0.4 is 5.32 Å². The van der Waals surface area contributed by atoms with Gasteiger partial charge in [-0.1, -0.05) is 29.0 Å². The molecule has 0 saturated carbocycles. The van der Waals surface area contributed by atoms with Crippen molar-refractivity contribution in [1.29, 1.82) is 0 Å². The Morgan fingerprint density at radius 2 is 2.21 bits per heavy atom. The number of rotatable bonds is 3. The van der Waals surface area contributed by atoms with Crippen molar-refractivity contribution in [3.63, 3.8) is 0 Å². The smallest absolute Gasteiger partial charge is 0.351 e. The summed E-state index contributed by atoms with van der Waals surface area (Å²) in [6.45, 7) is 0. The van der Waals surface area contributed by atoms with E-state index in [-0.39, 0.29) is 20.8 Å². The molecule has 0 bridgehead atoms. The van der Waals surface area contributed by atoms with Gasteiger partial charge in [-0.25, -0.2) is 18.6 Å². The maximum absolute atomic E-state index is 13.4. The van der Waals surface area contributed by atoms with Crippen molar-refractivity contribution in [2.75, 3.05) is 12.4 Å². The molecular weight excluding hydrogens is 298 g/mol. The van der Waals surface area contributed by atoms with E-state index in [0.717, 1.165) is 17.4 Å². The van der Waals surface area contributed by atoms with Gasteiger partial charge in [-0.3, -0.25) is 0 Å². The van der Waals surface area contributed by atoms with Gasteiger partial charge in [0.05, 0.1) is 12.8 Å². The molecule has 0 aliphatic heterocycles. The molecule has 4 nitrogen and oxygen atoms in total. The number of nitrogens with zero attached hydrogens (tertiary/aromatic N) is 1. The second-order valence-electron chi connectivity index (χ2n) is 3.36. The van der Waals surface area contributed by atoms with Crippen molar-refractivity contribution >= 4 is 39.7 Å². The molecule has 1 heterocycles. The fraction of sp³-hybridized carbons (Fsp3) is 0.0909. The number of halogens is 3. The highest BCUT2D eigenvalue weighted by Gasteiger charge is 2.18. The highest BCUT2D eigenvalue weighted by atomic mass is 35.5. The molecule has 0 fully saturated rings. The number of thiazole rings is 1. The van der Waals surface area contributed by atoms with Crippen LogP contribution in [0.1, 0.15) is 9.67 Å². The van der Waals surface area contributed by atoms with Gasteiger partial charge in [-0.05, 0) is 12.1 Å². The quantitative estimate of drug-likeness (QED) is 0.880. The lowest BCUT2D eigenvalue weighted by Gasteiger charge is -2.03. The van der Waals surface area contributed by atoms with Crippen LogP contribution in [0.3, 0.4) is 0 Å². The number of esters is 1. The van der Waals surface area contributed by atoms with Crippen LogP contribution in [0.2, 0.25) is 5.15 Å². The lowest BCUT2D eigenvalue weighted by molar-refractivity contribution is 0.0606. The summed E-state index contributed by atoms with van der Waals surface area (Å²) in [6, 6.07) is 3.68. The molecule has 1 aromatic carbocycles. The second kappa shape index (κ2) is 5.50. The monoisotopic (exact) mass is 304 g/mol. The molecule has 2 aromatic rings. The van der Waals surface area contributed by atoms with E-state index in [9.17, 15) is 13.6 Å². The number of benzene rings is 1. The predicted octanol–water partition coefficient (Wildman–Crippen LogP) is 3.60. The molecule has 0 radical (unpaired) electrons. The molecule has 0 aliphatic rings. The van der Waals surface area contributed by atoms with Crippen LogP contribution in [0, 0.1) is 11.6 Å². The lowest BCUT2D eigenvalue weighted by Crippen LogP contribution is -1.98. The average Bonchev–Trinajstić information content (AvgIpc) is 2.75. The van der Waals surface area contributed by atoms with Gasteiger partial charge in [0.15, 0.2) is 26.8 Å². The van der Waals surface area contributed by atoms with Gasteiger partial charge in [0.2, 0.25) is 0 Å². The molecule has 0 unspecified atom stereocenters. The minimum Gasteiger partial charge on any atom is -0.465 e. The fourth-order valence-electron chi connectivity index (χ4n) is 1.29. The zero-order chi connectivity index (χ0) is 14.0. The third-order valence-electron chi connectivity index (χ3n) is 2.15. The number of hydrogen-bond donors (Lipinski definition) is 1. The molecule has 1 N–H and O–H groups in total. The molecule has 0 spiro atoms. The summed E-state index contributed by atoms with van der Waals surface area (Å²) in [4.78, 5) is 15.2. The van der Waals surface area contributed by atoms with Crippen molar-refractivity contribution in [2.24, 2.45) is 0 Å². The van der Waals surface area contributed by atoms with Crippen molar-refractivity contribution in [2.45, 2.75) is 0 Å². The number of anilines is 2. The zero-order valence-corrected chi connectivity index (χ0v) is 11.1. The topological polar surface area (TPSA) is 51.2 Å². The van der Waals surface area contributed by atoms with Gasteiger partial charge in [-0.2, -0.15) is 0 Å². The first kappa shape index (κ1) is 13.7. The summed E-state index contributed by atoms with van der Waals surface area (Å²) >= 11 is 6.63. The molecule has 0 atom stereocenters. The Morgan fingerprint density at radius 3 is 2.89 bits per heavy atom. The van der Waals surface area contributed by atoms with Crippen LogP contribution in [0.15, 0.2) is 18.2 Å². The number of methoxy groups -OCH3 is 1. The summed E-state index contributed by atoms with van der Waals surface area (Å²) in [5.41, 5.74) is -0.0955. The number of ether oxygens (including phenoxy) is 1. The van der Waals surface area contributed by atoms with E-state index < -0.39 is 17.6 Å². The van der Waals surface area contributed by atoms with Gasteiger partial charge in [-0.15, -0.1) is 0 Å². The third kappa shape index (κ3) is 2.82. The zero-order valence-electron chi connectivity index (χ0n) is 9.54. The van der Waals surface area contributed by atoms with E-state index in [4.69, 9.17) is 11.6 Å². The van der Waals surface area contributed by atoms with E-state index in [1.807, 2.05) is 0 Å². The number of nitrogens with one attached hydrogen (secondary N) is 1. The van der Waals surface area contributed by atoms with Crippen molar-refractivity contribution < 1.29 is 18.3 Å². The normalized spacial score (nSPS) is 10.3. The van der Waals surface area contributed by atoms with Gasteiger partial charge in [0.1, 0.15) is 0 Å². The summed E-state index contributed by atoms with van der Waals surface area (Å²) in [6.07, 6.45) is 0. The Hall–Kier alpha value is -1.73. The van der Waals surface area contributed by atoms with E-state index in [0.29, 0.717) is 0 Å². The molecule has 0 saturated heterocycles. The molecule has 1 aromatic heterocycles. The fourth-order valence-corrected chi connectivity index (χ4v) is 2.40. The molecule has 100 valence electrons. The summed E-state index contributed by atoms with van der Waals surface area (Å²) < 4.78 is 31.0. The number of carbonyl (C=O) groups is 1. The summed E-state index contributed by atoms with van der Waals surface area (Å²) in [5, 5.41) is 2.66. The first-order valence-electron chi connectivity index (χ1n) is 4.98. The maximum atomic E-state index is 13.4. The molecule has 0 aliphatic carbocycles. The second-order valence-corrected chi connectivity index (χ2v) is 4.71. The molecular formula is C11H7ClF2N2O2S. The lowest BCUT2D eigenvalue weighted by atomic mass is 10.3. The van der Waals surface area contributed by atoms with E-state index >= 15 is 0 Å². The average molecular weight is 305 g/mol. The van der Waals surface area contributed by atoms with E-state index in [1.54, 1.807) is 0 Å². The SMILES string of the molecule is COC(=O)c1sc(Nc2cccc(F)c2F)nc1Cl. The minimum absolute atomic E-state index is 0.0591. The minimum atomic E-state index is -1.03. The van der Waals surface area contributed by atoms with Crippen LogP contribution in [-0.4, -0.2) is 18.1 Å². The van der Waals surface area contributed by atoms with Gasteiger partial charge < -0.3 is 10.1 Å². The Labute approximate surface area is 116 Å². The van der Waals surface area contributed by atoms with Crippen LogP contribution in [0.25, 0.3) is 0 Å². The largest absolute Gasteiger partial charge is 0.465 e. The highest BCUT2D eigenvalue weighted by molar-refractivity contribution is 7.18. The van der Waals surface area contributed by atoms with E-state index in [1.165, 1.54) is 19.2 Å². The first-order chi connectivity index (χ1) is 9.02. The van der Waals surface area contributed by atoms with Crippen LogP contribution >= 0.6 is 22.9 Å². The predicted molar refractivity (Wildman–Crippen MR) is 68.1 cm³/mol. The van der Waals surface area contributed by atoms with Gasteiger partial charge >= 0.3 is 5.97 Å². The first-order valence-corrected chi connectivity index (χ1v) is 6.18. The molecule has 8 heteroatoms. The Balaban J connectivity index is 2.29. The standard InChI is InChI=1S/C11H7ClF2N2O2S/c1-18-10(17)8-9(12)16-11(19-8)15-6-4-2-3-5(13)7(6)14/h2-4H,1H3,(H,15,16). The molecule has 2 rings (SSSR count). The number of hydrogen-bond acceptors (Lipinski definition) is 5. The van der Waals surface area contributed by atoms with Crippen LogP contribution in [-0.2, 0) is 4.74 Å². The van der Waals surface area contributed by atoms with Gasteiger partial charge in [0.25, 0.3) is 0 Å². The highest BCUT2D eigenvalue weighted by Crippen LogP contribution is 2.30. The van der Waals surface area contributed by atoms with Crippen molar-refractivity contribution in [1.82, 2.24) is 4.98 Å². The Kier molecular flexibility index (Phi) is 3.96. The Bertz CT molecular complexity index is 633. The number of aromatic nitrogens is 1. The third-order valence-corrected chi connectivity index (χ3v) is 3.49. The Morgan fingerprint density at radius 1 is 1.47 bits per heavy atom. The number of carbonyl (C=O) groups excluding carboxylic acids is 1. The van der Waals surface area contributed by atoms with Crippen molar-refractivity contribution in [3.8, 4) is 0 Å².